The second-order valence-corrected chi connectivity index (χ2v) is 10.0. The SMILES string of the molecule is COc1cnc2c(-c3nc4c(Cl)cc5c(c4s3)OCC(COC(=O)Nc3ccc(F)nc3)O5)cc(C)cc2n1. The molecule has 1 atom stereocenters. The molecule has 0 spiro atoms. The highest BCUT2D eigenvalue weighted by molar-refractivity contribution is 7.22. The number of rotatable bonds is 5. The number of amides is 1. The van der Waals surface area contributed by atoms with Gasteiger partial charge in [0.2, 0.25) is 11.8 Å². The molecule has 1 aliphatic heterocycles. The lowest BCUT2D eigenvalue weighted by Gasteiger charge is -2.26. The average Bonchev–Trinajstić information content (AvgIpc) is 3.38. The quantitative estimate of drug-likeness (QED) is 0.263. The summed E-state index contributed by atoms with van der Waals surface area (Å²) in [4.78, 5) is 29.4. The van der Waals surface area contributed by atoms with E-state index in [0.29, 0.717) is 49.6 Å². The van der Waals surface area contributed by atoms with Crippen molar-refractivity contribution < 1.29 is 28.1 Å². The van der Waals surface area contributed by atoms with Crippen LogP contribution in [0.1, 0.15) is 5.56 Å². The molecule has 1 amide bonds. The van der Waals surface area contributed by atoms with Gasteiger partial charge >= 0.3 is 6.09 Å². The summed E-state index contributed by atoms with van der Waals surface area (Å²) in [5.41, 5.74) is 4.07. The lowest BCUT2D eigenvalue weighted by molar-refractivity contribution is 0.0383. The van der Waals surface area contributed by atoms with Crippen LogP contribution in [0.25, 0.3) is 31.8 Å². The van der Waals surface area contributed by atoms with Crippen LogP contribution in [0.2, 0.25) is 5.02 Å². The molecule has 1 N–H and O–H groups in total. The zero-order valence-electron chi connectivity index (χ0n) is 20.5. The Morgan fingerprint density at radius 1 is 1.21 bits per heavy atom. The molecule has 13 heteroatoms. The van der Waals surface area contributed by atoms with E-state index in [1.807, 2.05) is 19.1 Å². The lowest BCUT2D eigenvalue weighted by Crippen LogP contribution is -2.35. The van der Waals surface area contributed by atoms with Crippen molar-refractivity contribution in [2.75, 3.05) is 25.6 Å². The monoisotopic (exact) mass is 567 g/mol. The minimum absolute atomic E-state index is 0.0824. The fourth-order valence-electron chi connectivity index (χ4n) is 4.09. The molecule has 1 unspecified atom stereocenters. The molecule has 4 heterocycles. The van der Waals surface area contributed by atoms with Gasteiger partial charge in [-0.3, -0.25) is 5.32 Å². The van der Waals surface area contributed by atoms with Gasteiger partial charge in [0, 0.05) is 11.6 Å². The molecule has 5 aromatic rings. The Morgan fingerprint density at radius 2 is 2.08 bits per heavy atom. The molecule has 10 nitrogen and oxygen atoms in total. The number of halogens is 2. The van der Waals surface area contributed by atoms with E-state index in [4.69, 9.17) is 35.5 Å². The van der Waals surface area contributed by atoms with Crippen LogP contribution in [0.15, 0.2) is 42.7 Å². The van der Waals surface area contributed by atoms with E-state index in [1.165, 1.54) is 23.6 Å². The number of ether oxygens (including phenoxy) is 4. The number of nitrogens with one attached hydrogen (secondary N) is 1. The van der Waals surface area contributed by atoms with E-state index < -0.39 is 18.1 Å². The number of carbonyl (C=O) groups is 1. The summed E-state index contributed by atoms with van der Waals surface area (Å²) in [7, 11) is 1.55. The number of hydrogen-bond acceptors (Lipinski definition) is 10. The van der Waals surface area contributed by atoms with Crippen LogP contribution < -0.4 is 19.5 Å². The molecule has 39 heavy (non-hydrogen) atoms. The molecule has 1 aliphatic rings. The van der Waals surface area contributed by atoms with Crippen LogP contribution in [0, 0.1) is 12.9 Å². The summed E-state index contributed by atoms with van der Waals surface area (Å²) in [5.74, 6) is 0.711. The summed E-state index contributed by atoms with van der Waals surface area (Å²) < 4.78 is 36.2. The van der Waals surface area contributed by atoms with E-state index in [2.05, 4.69) is 20.3 Å². The van der Waals surface area contributed by atoms with Crippen molar-refractivity contribution in [1.82, 2.24) is 19.9 Å². The molecule has 0 bridgehead atoms. The number of methoxy groups -OCH3 is 1. The Balaban J connectivity index is 1.24. The zero-order valence-corrected chi connectivity index (χ0v) is 22.1. The van der Waals surface area contributed by atoms with Gasteiger partial charge in [-0.2, -0.15) is 4.39 Å². The van der Waals surface area contributed by atoms with Crippen molar-refractivity contribution in [2.45, 2.75) is 13.0 Å². The number of fused-ring (bicyclic) bond motifs is 4. The number of anilines is 1. The maximum Gasteiger partial charge on any atom is 0.411 e. The topological polar surface area (TPSA) is 118 Å². The number of aromatic nitrogens is 4. The first kappa shape index (κ1) is 25.0. The first-order valence-corrected chi connectivity index (χ1v) is 12.9. The predicted molar refractivity (Wildman–Crippen MR) is 144 cm³/mol. The Hall–Kier alpha value is -4.29. The molecular formula is C26H19ClFN5O5S. The highest BCUT2D eigenvalue weighted by Crippen LogP contribution is 2.47. The summed E-state index contributed by atoms with van der Waals surface area (Å²) in [6.07, 6.45) is 1.46. The number of aryl methyl sites for hydroxylation is 1. The van der Waals surface area contributed by atoms with Gasteiger partial charge in [0.1, 0.15) is 28.4 Å². The van der Waals surface area contributed by atoms with E-state index in [0.717, 1.165) is 21.9 Å². The first-order chi connectivity index (χ1) is 18.9. The van der Waals surface area contributed by atoms with E-state index in [1.54, 1.807) is 19.4 Å². The Labute approximate surface area is 229 Å². The molecule has 198 valence electrons. The largest absolute Gasteiger partial charge is 0.484 e. The third kappa shape index (κ3) is 4.95. The second-order valence-electron chi connectivity index (χ2n) is 8.62. The van der Waals surface area contributed by atoms with Crippen molar-refractivity contribution in [3.05, 3.63) is 59.3 Å². The minimum atomic E-state index is -0.732. The standard InChI is InChI=1S/C26H19ClFN5O5S/c1-12-5-15(21-17(6-12)32-20(35-2)9-30-21)25-33-22-16(27)7-18-23(24(22)39-25)36-10-14(38-18)11-37-26(34)31-13-3-4-19(28)29-8-13/h3-9,14H,10-11H2,1-2H3,(H,31,34). The van der Waals surface area contributed by atoms with Crippen LogP contribution in [0.4, 0.5) is 14.9 Å². The van der Waals surface area contributed by atoms with Gasteiger partial charge in [0.05, 0.1) is 41.2 Å². The molecule has 3 aromatic heterocycles. The van der Waals surface area contributed by atoms with Gasteiger partial charge in [0.15, 0.2) is 17.6 Å². The van der Waals surface area contributed by atoms with Gasteiger partial charge in [-0.25, -0.2) is 24.7 Å². The van der Waals surface area contributed by atoms with Gasteiger partial charge in [-0.05, 0) is 36.8 Å². The van der Waals surface area contributed by atoms with Crippen molar-refractivity contribution in [3.8, 4) is 28.0 Å². The molecule has 6 rings (SSSR count). The normalized spacial score (nSPS) is 14.4. The first-order valence-electron chi connectivity index (χ1n) is 11.7. The summed E-state index contributed by atoms with van der Waals surface area (Å²) in [6, 6.07) is 8.08. The Morgan fingerprint density at radius 3 is 2.87 bits per heavy atom. The lowest BCUT2D eigenvalue weighted by atomic mass is 10.1. The molecule has 2 aromatic carbocycles. The maximum atomic E-state index is 12.9. The summed E-state index contributed by atoms with van der Waals surface area (Å²) >= 11 is 8.00. The van der Waals surface area contributed by atoms with Crippen molar-refractivity contribution >= 4 is 56.0 Å². The summed E-state index contributed by atoms with van der Waals surface area (Å²) in [6.45, 7) is 2.03. The van der Waals surface area contributed by atoms with Crippen LogP contribution in [-0.2, 0) is 4.74 Å². The Kier molecular flexibility index (Phi) is 6.49. The molecule has 0 radical (unpaired) electrons. The fourth-order valence-corrected chi connectivity index (χ4v) is 5.48. The number of thiazole rings is 1. The Bertz CT molecular complexity index is 1730. The van der Waals surface area contributed by atoms with E-state index in [9.17, 15) is 9.18 Å². The van der Waals surface area contributed by atoms with Gasteiger partial charge in [-0.15, -0.1) is 11.3 Å². The number of pyridine rings is 1. The van der Waals surface area contributed by atoms with Gasteiger partial charge in [0.25, 0.3) is 0 Å². The third-order valence-corrected chi connectivity index (χ3v) is 7.21. The van der Waals surface area contributed by atoms with Crippen LogP contribution in [-0.4, -0.2) is 52.5 Å². The molecule has 0 saturated carbocycles. The molecule has 0 fully saturated rings. The van der Waals surface area contributed by atoms with Crippen molar-refractivity contribution in [2.24, 2.45) is 0 Å². The van der Waals surface area contributed by atoms with Gasteiger partial charge < -0.3 is 18.9 Å². The fraction of sp³-hybridized carbons (Fsp3) is 0.192. The smallest absolute Gasteiger partial charge is 0.411 e. The third-order valence-electron chi connectivity index (χ3n) is 5.83. The molecule has 0 aliphatic carbocycles. The summed E-state index contributed by atoms with van der Waals surface area (Å²) in [5, 5.41) is 3.57. The molecular weight excluding hydrogens is 549 g/mol. The highest BCUT2D eigenvalue weighted by atomic mass is 35.5. The van der Waals surface area contributed by atoms with E-state index in [-0.39, 0.29) is 13.2 Å². The van der Waals surface area contributed by atoms with Crippen molar-refractivity contribution in [3.63, 3.8) is 0 Å². The number of benzene rings is 2. The average molecular weight is 568 g/mol. The predicted octanol–water partition coefficient (Wildman–Crippen LogP) is 5.80. The maximum absolute atomic E-state index is 12.9. The highest BCUT2D eigenvalue weighted by Gasteiger charge is 2.28. The number of nitrogens with zero attached hydrogens (tertiary/aromatic N) is 4. The zero-order chi connectivity index (χ0) is 27.1. The van der Waals surface area contributed by atoms with Crippen LogP contribution in [0.3, 0.4) is 0 Å². The number of carbonyl (C=O) groups excluding carboxylic acids is 1. The van der Waals surface area contributed by atoms with Crippen molar-refractivity contribution in [1.29, 1.82) is 0 Å². The number of hydrogen-bond donors (Lipinski definition) is 1. The van der Waals surface area contributed by atoms with Crippen LogP contribution in [0.5, 0.6) is 17.4 Å². The molecule has 0 saturated heterocycles. The van der Waals surface area contributed by atoms with Crippen LogP contribution >= 0.6 is 22.9 Å². The van der Waals surface area contributed by atoms with E-state index >= 15 is 0 Å². The minimum Gasteiger partial charge on any atom is -0.484 e. The van der Waals surface area contributed by atoms with Gasteiger partial charge in [-0.1, -0.05) is 11.6 Å². The second kappa shape index (κ2) is 10.1.